The van der Waals surface area contributed by atoms with Crippen LogP contribution in [0.2, 0.25) is 0 Å². The van der Waals surface area contributed by atoms with Crippen LogP contribution in [0.25, 0.3) is 0 Å². The first-order valence-electron chi connectivity index (χ1n) is 8.34. The lowest BCUT2D eigenvalue weighted by molar-refractivity contribution is 0.333. The van der Waals surface area contributed by atoms with Gasteiger partial charge in [-0.25, -0.2) is 4.98 Å². The lowest BCUT2D eigenvalue weighted by Gasteiger charge is -2.28. The summed E-state index contributed by atoms with van der Waals surface area (Å²) in [5.74, 6) is 2.54. The molecule has 0 atom stereocenters. The summed E-state index contributed by atoms with van der Waals surface area (Å²) in [6.45, 7) is 0.799. The Bertz CT molecular complexity index is 616. The van der Waals surface area contributed by atoms with Crippen LogP contribution in [-0.4, -0.2) is 17.5 Å². The van der Waals surface area contributed by atoms with Crippen molar-refractivity contribution < 1.29 is 0 Å². The second-order valence-corrected chi connectivity index (χ2v) is 6.19. The van der Waals surface area contributed by atoms with Gasteiger partial charge in [-0.1, -0.05) is 36.4 Å². The molecule has 23 heavy (non-hydrogen) atoms. The Hall–Kier alpha value is -2.36. The van der Waals surface area contributed by atoms with Crippen molar-refractivity contribution in [3.05, 3.63) is 60.3 Å². The fourth-order valence-electron chi connectivity index (χ4n) is 3.24. The Kier molecular flexibility index (Phi) is 5.25. The maximum atomic E-state index is 5.94. The second-order valence-electron chi connectivity index (χ2n) is 6.19. The molecule has 3 rings (SSSR count). The van der Waals surface area contributed by atoms with Crippen LogP contribution in [0.5, 0.6) is 0 Å². The van der Waals surface area contributed by atoms with E-state index in [-0.39, 0.29) is 0 Å². The summed E-state index contributed by atoms with van der Waals surface area (Å²) >= 11 is 0. The molecule has 0 amide bonds. The number of hydrogen-bond donors (Lipinski definition) is 2. The van der Waals surface area contributed by atoms with E-state index >= 15 is 0 Å². The molecule has 1 aliphatic rings. The maximum absolute atomic E-state index is 5.94. The van der Waals surface area contributed by atoms with Crippen LogP contribution in [0.4, 0.5) is 5.82 Å². The Balaban J connectivity index is 1.46. The van der Waals surface area contributed by atoms with Gasteiger partial charge in [0.05, 0.1) is 0 Å². The number of nitrogens with two attached hydrogens (primary N) is 1. The average Bonchev–Trinajstić information content (AvgIpc) is 2.62. The summed E-state index contributed by atoms with van der Waals surface area (Å²) in [5.41, 5.74) is 7.42. The zero-order valence-corrected chi connectivity index (χ0v) is 13.4. The van der Waals surface area contributed by atoms with E-state index < -0.39 is 0 Å². The van der Waals surface area contributed by atoms with Gasteiger partial charge in [-0.05, 0) is 55.2 Å². The Morgan fingerprint density at radius 2 is 1.78 bits per heavy atom. The van der Waals surface area contributed by atoms with Gasteiger partial charge in [0, 0.05) is 12.7 Å². The van der Waals surface area contributed by atoms with Gasteiger partial charge in [0.2, 0.25) is 0 Å². The normalized spacial score (nSPS) is 21.8. The first kappa shape index (κ1) is 15.5. The second kappa shape index (κ2) is 7.77. The minimum absolute atomic E-state index is 0.453. The number of anilines is 1. The van der Waals surface area contributed by atoms with E-state index in [9.17, 15) is 0 Å². The first-order chi connectivity index (χ1) is 11.3. The number of guanidine groups is 1. The summed E-state index contributed by atoms with van der Waals surface area (Å²) in [4.78, 5) is 8.67. The highest BCUT2D eigenvalue weighted by molar-refractivity contribution is 5.91. The van der Waals surface area contributed by atoms with Crippen molar-refractivity contribution in [2.75, 3.05) is 11.9 Å². The predicted molar refractivity (Wildman–Crippen MR) is 95.5 cm³/mol. The quantitative estimate of drug-likeness (QED) is 0.667. The van der Waals surface area contributed by atoms with Crippen molar-refractivity contribution in [2.24, 2.45) is 16.6 Å². The van der Waals surface area contributed by atoms with Crippen molar-refractivity contribution >= 4 is 11.8 Å². The van der Waals surface area contributed by atoms with Gasteiger partial charge < -0.3 is 11.1 Å². The minimum Gasteiger partial charge on any atom is -0.370 e. The topological polar surface area (TPSA) is 63.3 Å². The van der Waals surface area contributed by atoms with Gasteiger partial charge in [0.1, 0.15) is 5.82 Å². The summed E-state index contributed by atoms with van der Waals surface area (Å²) < 4.78 is 0. The fraction of sp³-hybridized carbons (Fsp3) is 0.368. The van der Waals surface area contributed by atoms with E-state index in [0.717, 1.165) is 12.4 Å². The summed E-state index contributed by atoms with van der Waals surface area (Å²) in [5, 5.41) is 3.03. The Morgan fingerprint density at radius 1 is 1.04 bits per heavy atom. The zero-order valence-electron chi connectivity index (χ0n) is 13.4. The molecule has 0 aliphatic heterocycles. The third-order valence-electron chi connectivity index (χ3n) is 4.56. The number of nitrogens with zero attached hydrogens (tertiary/aromatic N) is 2. The number of aromatic nitrogens is 1. The first-order valence-corrected chi connectivity index (χ1v) is 8.34. The number of rotatable bonds is 4. The third-order valence-corrected chi connectivity index (χ3v) is 4.56. The lowest BCUT2D eigenvalue weighted by Crippen LogP contribution is -2.25. The molecule has 1 aromatic carbocycles. The molecule has 1 aliphatic carbocycles. The molecule has 0 bridgehead atoms. The third kappa shape index (κ3) is 4.55. The summed E-state index contributed by atoms with van der Waals surface area (Å²) in [6, 6.07) is 16.5. The Labute approximate surface area is 137 Å². The van der Waals surface area contributed by atoms with E-state index in [1.54, 1.807) is 6.20 Å². The number of aliphatic imine (C=N–C) groups is 1. The molecule has 1 saturated carbocycles. The summed E-state index contributed by atoms with van der Waals surface area (Å²) in [6.07, 6.45) is 6.68. The predicted octanol–water partition coefficient (Wildman–Crippen LogP) is 3.78. The van der Waals surface area contributed by atoms with E-state index in [2.05, 4.69) is 45.6 Å². The van der Waals surface area contributed by atoms with Gasteiger partial charge in [-0.15, -0.1) is 0 Å². The van der Waals surface area contributed by atoms with Crippen molar-refractivity contribution in [2.45, 2.75) is 31.6 Å². The van der Waals surface area contributed by atoms with Gasteiger partial charge in [-0.2, -0.15) is 0 Å². The highest BCUT2D eigenvalue weighted by Gasteiger charge is 2.21. The van der Waals surface area contributed by atoms with Crippen LogP contribution in [-0.2, 0) is 0 Å². The van der Waals surface area contributed by atoms with Crippen molar-refractivity contribution in [3.8, 4) is 0 Å². The largest absolute Gasteiger partial charge is 0.370 e. The lowest BCUT2D eigenvalue weighted by atomic mass is 9.79. The fourth-order valence-corrected chi connectivity index (χ4v) is 3.24. The highest BCUT2D eigenvalue weighted by atomic mass is 15.1. The van der Waals surface area contributed by atoms with Crippen LogP contribution < -0.4 is 11.1 Å². The molecule has 4 nitrogen and oxygen atoms in total. The van der Waals surface area contributed by atoms with Crippen LogP contribution in [0.1, 0.15) is 37.2 Å². The monoisotopic (exact) mass is 308 g/mol. The van der Waals surface area contributed by atoms with Gasteiger partial charge in [0.15, 0.2) is 5.96 Å². The van der Waals surface area contributed by atoms with E-state index in [1.165, 1.54) is 31.2 Å². The molecule has 0 unspecified atom stereocenters. The van der Waals surface area contributed by atoms with E-state index in [0.29, 0.717) is 17.8 Å². The standard InChI is InChI=1S/C19H24N4/c20-19(23-18-8-4-5-13-21-18)22-14-15-9-11-17(12-10-15)16-6-2-1-3-7-16/h1-8,13,15,17H,9-12,14H2,(H3,20,21,22,23). The van der Waals surface area contributed by atoms with Gasteiger partial charge in [0.25, 0.3) is 0 Å². The molecule has 1 fully saturated rings. The molecule has 1 aromatic heterocycles. The molecule has 0 radical (unpaired) electrons. The van der Waals surface area contributed by atoms with Crippen LogP contribution in [0.3, 0.4) is 0 Å². The highest BCUT2D eigenvalue weighted by Crippen LogP contribution is 2.35. The van der Waals surface area contributed by atoms with Crippen LogP contribution in [0, 0.1) is 5.92 Å². The minimum atomic E-state index is 0.453. The molecular weight excluding hydrogens is 284 g/mol. The number of hydrogen-bond acceptors (Lipinski definition) is 2. The average molecular weight is 308 g/mol. The van der Waals surface area contributed by atoms with E-state index in [1.807, 2.05) is 18.2 Å². The SMILES string of the molecule is NC(=NCC1CCC(c2ccccc2)CC1)Nc1ccccn1. The van der Waals surface area contributed by atoms with Gasteiger partial charge >= 0.3 is 0 Å². The molecule has 0 spiro atoms. The number of pyridine rings is 1. The van der Waals surface area contributed by atoms with Crippen LogP contribution >= 0.6 is 0 Å². The smallest absolute Gasteiger partial charge is 0.194 e. The molecule has 1 heterocycles. The maximum Gasteiger partial charge on any atom is 0.194 e. The van der Waals surface area contributed by atoms with Gasteiger partial charge in [-0.3, -0.25) is 4.99 Å². The van der Waals surface area contributed by atoms with E-state index in [4.69, 9.17) is 5.73 Å². The molecule has 3 N–H and O–H groups in total. The molecular formula is C19H24N4. The molecule has 120 valence electrons. The molecule has 2 aromatic rings. The van der Waals surface area contributed by atoms with Crippen LogP contribution in [0.15, 0.2) is 59.7 Å². The summed E-state index contributed by atoms with van der Waals surface area (Å²) in [7, 11) is 0. The van der Waals surface area contributed by atoms with Crippen molar-refractivity contribution in [1.29, 1.82) is 0 Å². The molecule has 4 heteroatoms. The Morgan fingerprint density at radius 3 is 2.48 bits per heavy atom. The zero-order chi connectivity index (χ0) is 15.9. The number of benzene rings is 1. The molecule has 0 saturated heterocycles. The van der Waals surface area contributed by atoms with Crippen molar-refractivity contribution in [3.63, 3.8) is 0 Å². The van der Waals surface area contributed by atoms with Crippen molar-refractivity contribution in [1.82, 2.24) is 4.98 Å². The number of nitrogens with one attached hydrogen (secondary N) is 1.